The summed E-state index contributed by atoms with van der Waals surface area (Å²) in [6.45, 7) is 7.94. The van der Waals surface area contributed by atoms with Crippen LogP contribution in [0, 0.1) is 11.3 Å². The Hall–Kier alpha value is -1.22. The van der Waals surface area contributed by atoms with Crippen LogP contribution in [0.3, 0.4) is 0 Å². The summed E-state index contributed by atoms with van der Waals surface area (Å²) in [7, 11) is 1.79. The average Bonchev–Trinajstić information content (AvgIpc) is 2.88. The Morgan fingerprint density at radius 1 is 1.26 bits per heavy atom. The van der Waals surface area contributed by atoms with Gasteiger partial charge in [0.05, 0.1) is 25.4 Å². The van der Waals surface area contributed by atoms with Gasteiger partial charge in [-0.15, -0.1) is 24.0 Å². The second-order valence-corrected chi connectivity index (χ2v) is 7.25. The molecule has 7 heteroatoms. The SMILES string of the molecule is CCC1(CC)C(N=C(N)Nc2ccc3c(c2)OCCCO3)C(C)C1OC.I. The van der Waals surface area contributed by atoms with Crippen molar-refractivity contribution in [2.75, 3.05) is 25.6 Å². The van der Waals surface area contributed by atoms with Crippen LogP contribution in [0.4, 0.5) is 5.69 Å². The van der Waals surface area contributed by atoms with E-state index in [0.29, 0.717) is 25.1 Å². The lowest BCUT2D eigenvalue weighted by Crippen LogP contribution is -2.63. The first kappa shape index (κ1) is 22.1. The molecule has 3 atom stereocenters. The van der Waals surface area contributed by atoms with Gasteiger partial charge in [-0.3, -0.25) is 0 Å². The van der Waals surface area contributed by atoms with E-state index in [2.05, 4.69) is 26.1 Å². The minimum atomic E-state index is 0. The number of anilines is 1. The number of fused-ring (bicyclic) bond motifs is 1. The number of guanidine groups is 1. The molecule has 1 heterocycles. The molecule has 0 amide bonds. The van der Waals surface area contributed by atoms with E-state index in [4.69, 9.17) is 24.9 Å². The molecule has 0 spiro atoms. The Morgan fingerprint density at radius 3 is 2.56 bits per heavy atom. The van der Waals surface area contributed by atoms with Crippen LogP contribution < -0.4 is 20.5 Å². The summed E-state index contributed by atoms with van der Waals surface area (Å²) < 4.78 is 17.1. The van der Waals surface area contributed by atoms with Crippen molar-refractivity contribution in [3.63, 3.8) is 0 Å². The number of methoxy groups -OCH3 is 1. The molecule has 1 saturated carbocycles. The molecule has 1 fully saturated rings. The molecule has 152 valence electrons. The molecule has 2 aliphatic rings. The molecular formula is C20H32IN3O3. The van der Waals surface area contributed by atoms with Gasteiger partial charge in [-0.05, 0) is 25.0 Å². The van der Waals surface area contributed by atoms with E-state index >= 15 is 0 Å². The fourth-order valence-electron chi connectivity index (χ4n) is 4.60. The maximum Gasteiger partial charge on any atom is 0.193 e. The number of aliphatic imine (C=N–C) groups is 1. The quantitative estimate of drug-likeness (QED) is 0.371. The zero-order valence-electron chi connectivity index (χ0n) is 16.7. The summed E-state index contributed by atoms with van der Waals surface area (Å²) in [6.07, 6.45) is 3.17. The molecule has 0 radical (unpaired) electrons. The number of halogens is 1. The molecular weight excluding hydrogens is 457 g/mol. The number of nitrogens with two attached hydrogens (primary N) is 1. The molecule has 3 rings (SSSR count). The second-order valence-electron chi connectivity index (χ2n) is 7.25. The third kappa shape index (κ3) is 4.13. The molecule has 3 unspecified atom stereocenters. The Balaban J connectivity index is 0.00000261. The highest BCUT2D eigenvalue weighted by molar-refractivity contribution is 14.0. The number of ether oxygens (including phenoxy) is 3. The van der Waals surface area contributed by atoms with E-state index < -0.39 is 0 Å². The number of nitrogens with one attached hydrogen (secondary N) is 1. The van der Waals surface area contributed by atoms with Crippen LogP contribution in [0.1, 0.15) is 40.0 Å². The minimum Gasteiger partial charge on any atom is -0.490 e. The first-order valence-electron chi connectivity index (χ1n) is 9.58. The molecule has 3 N–H and O–H groups in total. The normalized spacial score (nSPS) is 26.4. The predicted octanol–water partition coefficient (Wildman–Crippen LogP) is 4.03. The van der Waals surface area contributed by atoms with Gasteiger partial charge < -0.3 is 25.3 Å². The highest BCUT2D eigenvalue weighted by Gasteiger charge is 2.58. The van der Waals surface area contributed by atoms with Gasteiger partial charge in [0.1, 0.15) is 0 Å². The Labute approximate surface area is 179 Å². The van der Waals surface area contributed by atoms with Gasteiger partial charge in [-0.25, -0.2) is 4.99 Å². The molecule has 1 aliphatic heterocycles. The minimum absolute atomic E-state index is 0. The Morgan fingerprint density at radius 2 is 1.93 bits per heavy atom. The summed E-state index contributed by atoms with van der Waals surface area (Å²) >= 11 is 0. The monoisotopic (exact) mass is 489 g/mol. The lowest BCUT2D eigenvalue weighted by molar-refractivity contribution is -0.156. The zero-order chi connectivity index (χ0) is 18.7. The Kier molecular flexibility index (Phi) is 7.62. The van der Waals surface area contributed by atoms with Crippen molar-refractivity contribution in [3.05, 3.63) is 18.2 Å². The third-order valence-corrected chi connectivity index (χ3v) is 6.00. The smallest absolute Gasteiger partial charge is 0.193 e. The van der Waals surface area contributed by atoms with E-state index in [1.807, 2.05) is 18.2 Å². The summed E-state index contributed by atoms with van der Waals surface area (Å²) in [4.78, 5) is 4.81. The summed E-state index contributed by atoms with van der Waals surface area (Å²) in [6, 6.07) is 5.92. The van der Waals surface area contributed by atoms with Gasteiger partial charge in [0.15, 0.2) is 17.5 Å². The highest BCUT2D eigenvalue weighted by atomic mass is 127. The van der Waals surface area contributed by atoms with Crippen molar-refractivity contribution in [1.29, 1.82) is 0 Å². The largest absolute Gasteiger partial charge is 0.490 e. The van der Waals surface area contributed by atoms with Gasteiger partial charge in [0, 0.05) is 36.6 Å². The van der Waals surface area contributed by atoms with E-state index in [9.17, 15) is 0 Å². The zero-order valence-corrected chi connectivity index (χ0v) is 19.0. The van der Waals surface area contributed by atoms with Crippen molar-refractivity contribution in [2.45, 2.75) is 52.2 Å². The first-order chi connectivity index (χ1) is 12.6. The van der Waals surface area contributed by atoms with E-state index in [1.165, 1.54) is 0 Å². The molecule has 1 aromatic rings. The van der Waals surface area contributed by atoms with E-state index in [-0.39, 0.29) is 41.5 Å². The van der Waals surface area contributed by atoms with Crippen molar-refractivity contribution in [2.24, 2.45) is 22.1 Å². The number of nitrogens with zero attached hydrogens (tertiary/aromatic N) is 1. The van der Waals surface area contributed by atoms with Gasteiger partial charge in [0.25, 0.3) is 0 Å². The lowest BCUT2D eigenvalue weighted by Gasteiger charge is -2.57. The summed E-state index contributed by atoms with van der Waals surface area (Å²) in [5, 5.41) is 3.20. The molecule has 0 bridgehead atoms. The predicted molar refractivity (Wildman–Crippen MR) is 119 cm³/mol. The van der Waals surface area contributed by atoms with Crippen LogP contribution in [-0.4, -0.2) is 38.4 Å². The fourth-order valence-corrected chi connectivity index (χ4v) is 4.60. The topological polar surface area (TPSA) is 78.1 Å². The number of hydrogen-bond donors (Lipinski definition) is 2. The van der Waals surface area contributed by atoms with Crippen LogP contribution >= 0.6 is 24.0 Å². The third-order valence-electron chi connectivity index (χ3n) is 6.00. The molecule has 1 aliphatic carbocycles. The van der Waals surface area contributed by atoms with Crippen molar-refractivity contribution in [1.82, 2.24) is 0 Å². The van der Waals surface area contributed by atoms with Crippen molar-refractivity contribution < 1.29 is 14.2 Å². The highest BCUT2D eigenvalue weighted by Crippen LogP contribution is 2.54. The van der Waals surface area contributed by atoms with Crippen LogP contribution in [-0.2, 0) is 4.74 Å². The molecule has 0 saturated heterocycles. The second kappa shape index (κ2) is 9.32. The summed E-state index contributed by atoms with van der Waals surface area (Å²) in [5.74, 6) is 2.30. The molecule has 6 nitrogen and oxygen atoms in total. The molecule has 27 heavy (non-hydrogen) atoms. The molecule has 0 aromatic heterocycles. The van der Waals surface area contributed by atoms with Crippen LogP contribution in [0.2, 0.25) is 0 Å². The average molecular weight is 489 g/mol. The maximum absolute atomic E-state index is 6.23. The number of benzene rings is 1. The summed E-state index contributed by atoms with van der Waals surface area (Å²) in [5.41, 5.74) is 7.14. The standard InChI is InChI=1S/C20H31N3O3.HI/c1-5-20(6-2)17(13(3)18(20)24-4)23-19(21)22-14-8-9-15-16(12-14)26-11-7-10-25-15;/h8-9,12-13,17-18H,5-7,10-11H2,1-4H3,(H3,21,22,23);1H. The number of rotatable bonds is 5. The van der Waals surface area contributed by atoms with Gasteiger partial charge >= 0.3 is 0 Å². The lowest BCUT2D eigenvalue weighted by atomic mass is 9.53. The van der Waals surface area contributed by atoms with Crippen molar-refractivity contribution in [3.8, 4) is 11.5 Å². The van der Waals surface area contributed by atoms with Crippen LogP contribution in [0.5, 0.6) is 11.5 Å². The van der Waals surface area contributed by atoms with Crippen LogP contribution in [0.15, 0.2) is 23.2 Å². The van der Waals surface area contributed by atoms with Crippen LogP contribution in [0.25, 0.3) is 0 Å². The first-order valence-corrected chi connectivity index (χ1v) is 9.58. The molecule has 1 aromatic carbocycles. The van der Waals surface area contributed by atoms with E-state index in [1.54, 1.807) is 7.11 Å². The maximum atomic E-state index is 6.23. The number of hydrogen-bond acceptors (Lipinski definition) is 4. The van der Waals surface area contributed by atoms with Gasteiger partial charge in [-0.2, -0.15) is 0 Å². The van der Waals surface area contributed by atoms with Gasteiger partial charge in [0.2, 0.25) is 0 Å². The van der Waals surface area contributed by atoms with Crippen molar-refractivity contribution >= 4 is 35.6 Å². The van der Waals surface area contributed by atoms with Gasteiger partial charge in [-0.1, -0.05) is 20.8 Å². The fraction of sp³-hybridized carbons (Fsp3) is 0.650. The Bertz CT molecular complexity index is 664. The van der Waals surface area contributed by atoms with E-state index in [0.717, 1.165) is 36.4 Å².